The molecule has 2 N–H and O–H groups in total. The van der Waals surface area contributed by atoms with Gasteiger partial charge in [0.2, 0.25) is 15.9 Å². The molecule has 230 valence electrons. The summed E-state index contributed by atoms with van der Waals surface area (Å²) >= 11 is 0. The Morgan fingerprint density at radius 2 is 1.48 bits per heavy atom. The molecule has 1 atom stereocenters. The van der Waals surface area contributed by atoms with Crippen LogP contribution in [0, 0.1) is 11.3 Å². The third-order valence-corrected chi connectivity index (χ3v) is 9.88. The van der Waals surface area contributed by atoms with E-state index in [-0.39, 0.29) is 30.1 Å². The highest BCUT2D eigenvalue weighted by atomic mass is 32.2. The predicted octanol–water partition coefficient (Wildman–Crippen LogP) is 4.92. The Hall–Kier alpha value is -5.57. The number of aromatic nitrogens is 1. The van der Waals surface area contributed by atoms with E-state index in [0.29, 0.717) is 16.6 Å². The summed E-state index contributed by atoms with van der Waals surface area (Å²) in [4.78, 5) is 33.5. The second kappa shape index (κ2) is 13.2. The number of anilines is 1. The Balaban J connectivity index is 1.36. The number of urea groups is 1. The molecule has 2 heterocycles. The normalized spacial score (nSPS) is 15.3. The molecule has 6 rings (SSSR count). The van der Waals surface area contributed by atoms with E-state index in [0.717, 1.165) is 15.4 Å². The van der Waals surface area contributed by atoms with Crippen molar-refractivity contribution >= 4 is 38.6 Å². The van der Waals surface area contributed by atoms with Crippen LogP contribution in [-0.4, -0.2) is 60.2 Å². The van der Waals surface area contributed by atoms with Gasteiger partial charge in [-0.1, -0.05) is 91.0 Å². The number of nitrogens with one attached hydrogen (secondary N) is 2. The molecule has 11 heteroatoms. The Kier molecular flexibility index (Phi) is 8.74. The Labute approximate surface area is 267 Å². The van der Waals surface area contributed by atoms with Crippen LogP contribution in [0.25, 0.3) is 10.9 Å². The first kappa shape index (κ1) is 30.5. The number of para-hydroxylation sites is 2. The first-order valence-corrected chi connectivity index (χ1v) is 16.1. The fourth-order valence-electron chi connectivity index (χ4n) is 5.64. The van der Waals surface area contributed by atoms with Crippen molar-refractivity contribution in [1.82, 2.24) is 19.5 Å². The van der Waals surface area contributed by atoms with Gasteiger partial charge in [-0.3, -0.25) is 9.78 Å². The molecule has 4 aromatic carbocycles. The zero-order chi connectivity index (χ0) is 32.1. The monoisotopic (exact) mass is 630 g/mol. The maximum absolute atomic E-state index is 14.3. The number of sulfonamides is 1. The Morgan fingerprint density at radius 3 is 2.17 bits per heavy atom. The van der Waals surface area contributed by atoms with Crippen LogP contribution in [0.15, 0.2) is 126 Å². The van der Waals surface area contributed by atoms with Gasteiger partial charge in [-0.05, 0) is 35.4 Å². The minimum atomic E-state index is -4.26. The molecule has 3 amide bonds. The number of hydrogen-bond acceptors (Lipinski definition) is 6. The topological polar surface area (TPSA) is 136 Å². The number of nitriles is 1. The quantitative estimate of drug-likeness (QED) is 0.262. The van der Waals surface area contributed by atoms with Crippen LogP contribution < -0.4 is 10.6 Å². The number of carbonyl (C=O) groups is 2. The first-order valence-electron chi connectivity index (χ1n) is 14.7. The number of piperazine rings is 1. The predicted molar refractivity (Wildman–Crippen MR) is 174 cm³/mol. The number of amides is 3. The molecule has 5 aromatic rings. The van der Waals surface area contributed by atoms with Gasteiger partial charge in [0, 0.05) is 31.2 Å². The summed E-state index contributed by atoms with van der Waals surface area (Å²) in [6.45, 7) is -0.346. The molecule has 0 radical (unpaired) electrons. The lowest BCUT2D eigenvalue weighted by molar-refractivity contribution is -0.126. The van der Waals surface area contributed by atoms with Crippen molar-refractivity contribution in [2.45, 2.75) is 17.0 Å². The number of rotatable bonds is 7. The zero-order valence-corrected chi connectivity index (χ0v) is 25.5. The van der Waals surface area contributed by atoms with Crippen LogP contribution in [0.4, 0.5) is 10.5 Å². The van der Waals surface area contributed by atoms with Gasteiger partial charge in [0.25, 0.3) is 0 Å². The maximum atomic E-state index is 14.3. The molecule has 1 fully saturated rings. The second-order valence-electron chi connectivity index (χ2n) is 10.8. The number of nitrogens with zero attached hydrogens (tertiary/aromatic N) is 4. The molecule has 1 aliphatic heterocycles. The average Bonchev–Trinajstić information content (AvgIpc) is 3.11. The van der Waals surface area contributed by atoms with Crippen molar-refractivity contribution in [2.75, 3.05) is 25.0 Å². The summed E-state index contributed by atoms with van der Waals surface area (Å²) in [5, 5.41) is 16.0. The van der Waals surface area contributed by atoms with E-state index in [1.54, 1.807) is 48.5 Å². The van der Waals surface area contributed by atoms with E-state index in [9.17, 15) is 23.3 Å². The van der Waals surface area contributed by atoms with E-state index < -0.39 is 34.0 Å². The molecule has 46 heavy (non-hydrogen) atoms. The summed E-state index contributed by atoms with van der Waals surface area (Å²) in [5.74, 6) is -0.565. The first-order chi connectivity index (χ1) is 22.4. The van der Waals surface area contributed by atoms with Crippen molar-refractivity contribution in [2.24, 2.45) is 0 Å². The van der Waals surface area contributed by atoms with Crippen molar-refractivity contribution in [3.8, 4) is 6.07 Å². The zero-order valence-electron chi connectivity index (χ0n) is 24.7. The number of carbonyl (C=O) groups excluding carboxylic acids is 2. The lowest BCUT2D eigenvalue weighted by Gasteiger charge is -2.40. The van der Waals surface area contributed by atoms with Gasteiger partial charge in [0.1, 0.15) is 17.0 Å². The summed E-state index contributed by atoms with van der Waals surface area (Å²) in [5.41, 5.74) is 2.52. The highest BCUT2D eigenvalue weighted by Gasteiger charge is 2.42. The minimum absolute atomic E-state index is 0.0164. The third kappa shape index (κ3) is 6.17. The van der Waals surface area contributed by atoms with Crippen LogP contribution in [0.5, 0.6) is 0 Å². The largest absolute Gasteiger partial charge is 0.344 e. The number of fused-ring (bicyclic) bond motifs is 1. The van der Waals surface area contributed by atoms with Crippen molar-refractivity contribution in [3.05, 3.63) is 138 Å². The summed E-state index contributed by atoms with van der Waals surface area (Å²) in [7, 11) is -4.26. The molecular weight excluding hydrogens is 600 g/mol. The van der Waals surface area contributed by atoms with E-state index in [1.165, 1.54) is 17.2 Å². The second-order valence-corrected chi connectivity index (χ2v) is 12.6. The third-order valence-electron chi connectivity index (χ3n) is 7.94. The molecule has 10 nitrogen and oxygen atoms in total. The average molecular weight is 631 g/mol. The molecule has 1 aromatic heterocycles. The van der Waals surface area contributed by atoms with Crippen LogP contribution >= 0.6 is 0 Å². The Bertz CT molecular complexity index is 1990. The van der Waals surface area contributed by atoms with E-state index in [1.807, 2.05) is 60.7 Å². The molecule has 0 bridgehead atoms. The standard InChI is InChI=1S/C35H30N6O4S/c36-23-28-15-7-8-18-29(28)38-35(43)40-21-22-41(46(44,45)31-19-9-16-27-17-10-20-37-33(27)31)30(24-40)34(42)39-32(25-11-3-1-4-12-25)26-13-5-2-6-14-26/h1-20,30,32H,21-22,24H2,(H,38,43)(H,39,42). The molecule has 0 spiro atoms. The fraction of sp³-hybridized carbons (Fsp3) is 0.143. The van der Waals surface area contributed by atoms with Crippen molar-refractivity contribution < 1.29 is 18.0 Å². The van der Waals surface area contributed by atoms with Gasteiger partial charge in [-0.25, -0.2) is 13.2 Å². The van der Waals surface area contributed by atoms with E-state index in [2.05, 4.69) is 21.7 Å². The smallest absolute Gasteiger partial charge is 0.321 e. The van der Waals surface area contributed by atoms with Gasteiger partial charge in [0.05, 0.1) is 22.8 Å². The van der Waals surface area contributed by atoms with Gasteiger partial charge >= 0.3 is 6.03 Å². The molecule has 1 aliphatic rings. The SMILES string of the molecule is N#Cc1ccccc1NC(=O)N1CCN(S(=O)(=O)c2cccc3cccnc23)C(C(=O)NC(c2ccccc2)c2ccccc2)C1. The van der Waals surface area contributed by atoms with E-state index in [4.69, 9.17) is 0 Å². The van der Waals surface area contributed by atoms with Crippen LogP contribution in [0.1, 0.15) is 22.7 Å². The highest BCUT2D eigenvalue weighted by molar-refractivity contribution is 7.89. The highest BCUT2D eigenvalue weighted by Crippen LogP contribution is 2.29. The molecule has 1 unspecified atom stereocenters. The summed E-state index contributed by atoms with van der Waals surface area (Å²) in [6.07, 6.45) is 1.53. The van der Waals surface area contributed by atoms with E-state index >= 15 is 0 Å². The molecule has 1 saturated heterocycles. The van der Waals surface area contributed by atoms with Gasteiger partial charge in [-0.2, -0.15) is 9.57 Å². The minimum Gasteiger partial charge on any atom is -0.344 e. The van der Waals surface area contributed by atoms with Gasteiger partial charge in [-0.15, -0.1) is 0 Å². The summed E-state index contributed by atoms with van der Waals surface area (Å²) < 4.78 is 29.8. The molecule has 0 aliphatic carbocycles. The van der Waals surface area contributed by atoms with Crippen molar-refractivity contribution in [1.29, 1.82) is 5.26 Å². The fourth-order valence-corrected chi connectivity index (χ4v) is 7.37. The number of hydrogen-bond donors (Lipinski definition) is 2. The maximum Gasteiger partial charge on any atom is 0.321 e. The summed E-state index contributed by atoms with van der Waals surface area (Å²) in [6, 6.07) is 33.4. The lowest BCUT2D eigenvalue weighted by atomic mass is 9.98. The van der Waals surface area contributed by atoms with Crippen LogP contribution in [0.3, 0.4) is 0 Å². The van der Waals surface area contributed by atoms with Gasteiger partial charge in [0.15, 0.2) is 0 Å². The number of pyridine rings is 1. The van der Waals surface area contributed by atoms with Crippen LogP contribution in [-0.2, 0) is 14.8 Å². The molecular formula is C35H30N6O4S. The molecule has 0 saturated carbocycles. The van der Waals surface area contributed by atoms with Crippen LogP contribution in [0.2, 0.25) is 0 Å². The lowest BCUT2D eigenvalue weighted by Crippen LogP contribution is -2.62. The van der Waals surface area contributed by atoms with Crippen molar-refractivity contribution in [3.63, 3.8) is 0 Å². The Morgan fingerprint density at radius 1 is 0.826 bits per heavy atom. The number of benzene rings is 4. The van der Waals surface area contributed by atoms with Gasteiger partial charge < -0.3 is 15.5 Å².